The molecule has 0 saturated carbocycles. The van der Waals surface area contributed by atoms with Gasteiger partial charge in [-0.2, -0.15) is 0 Å². The first-order valence-electron chi connectivity index (χ1n) is 8.50. The van der Waals surface area contributed by atoms with Crippen LogP contribution in [0.25, 0.3) is 11.1 Å². The normalized spacial score (nSPS) is 25.3. The Balaban J connectivity index is 0.00000169. The van der Waals surface area contributed by atoms with Gasteiger partial charge >= 0.3 is 0 Å². The molecule has 2 aliphatic heterocycles. The number of ether oxygens (including phenoxy) is 1. The number of hydrogen-bond donors (Lipinski definition) is 1. The van der Waals surface area contributed by atoms with Crippen molar-refractivity contribution in [2.75, 3.05) is 0 Å². The van der Waals surface area contributed by atoms with E-state index in [-0.39, 0.29) is 24.3 Å². The van der Waals surface area contributed by atoms with Gasteiger partial charge in [0.25, 0.3) is 0 Å². The molecule has 0 unspecified atom stereocenters. The number of rotatable bonds is 4. The molecule has 0 amide bonds. The molecule has 24 heavy (non-hydrogen) atoms. The number of hydrogen-bond acceptors (Lipinski definition) is 2. The molecule has 0 aliphatic carbocycles. The number of piperidine rings is 1. The summed E-state index contributed by atoms with van der Waals surface area (Å²) in [4.78, 5) is 0. The van der Waals surface area contributed by atoms with Crippen LogP contribution in [0.2, 0.25) is 0 Å². The first-order valence-corrected chi connectivity index (χ1v) is 8.50. The highest BCUT2D eigenvalue weighted by atomic mass is 35.5. The van der Waals surface area contributed by atoms with Gasteiger partial charge in [-0.3, -0.25) is 0 Å². The van der Waals surface area contributed by atoms with Crippen LogP contribution in [0.5, 0.6) is 0 Å². The zero-order valence-electron chi connectivity index (χ0n) is 13.6. The Hall–Kier alpha value is -1.42. The van der Waals surface area contributed by atoms with Crippen LogP contribution in [0.4, 0.5) is 4.39 Å². The van der Waals surface area contributed by atoms with Gasteiger partial charge in [0.1, 0.15) is 5.82 Å². The molecule has 0 aromatic heterocycles. The van der Waals surface area contributed by atoms with Crippen molar-refractivity contribution in [3.63, 3.8) is 0 Å². The molecule has 1 N–H and O–H groups in total. The van der Waals surface area contributed by atoms with Gasteiger partial charge in [0.05, 0.1) is 12.7 Å². The fourth-order valence-corrected chi connectivity index (χ4v) is 3.94. The van der Waals surface area contributed by atoms with E-state index in [0.717, 1.165) is 24.0 Å². The van der Waals surface area contributed by atoms with Crippen LogP contribution in [0.1, 0.15) is 31.2 Å². The average Bonchev–Trinajstić information content (AvgIpc) is 2.93. The van der Waals surface area contributed by atoms with Crippen molar-refractivity contribution >= 4 is 12.4 Å². The SMILES string of the molecule is Cl.Fc1cccc(-c2ccccc2)c1CO[C@H]1C[C@H]2CC[C@@H](C1)N2. The molecular weight excluding hydrogens is 325 g/mol. The van der Waals surface area contributed by atoms with E-state index in [9.17, 15) is 4.39 Å². The van der Waals surface area contributed by atoms with E-state index in [1.54, 1.807) is 6.07 Å². The average molecular weight is 348 g/mol. The van der Waals surface area contributed by atoms with Crippen molar-refractivity contribution < 1.29 is 9.13 Å². The first-order chi connectivity index (χ1) is 11.3. The molecule has 2 bridgehead atoms. The van der Waals surface area contributed by atoms with Crippen molar-refractivity contribution in [1.82, 2.24) is 5.32 Å². The monoisotopic (exact) mass is 347 g/mol. The molecule has 2 aromatic carbocycles. The molecular formula is C20H23ClFNO. The third kappa shape index (κ3) is 3.64. The van der Waals surface area contributed by atoms with Crippen LogP contribution in [-0.4, -0.2) is 18.2 Å². The summed E-state index contributed by atoms with van der Waals surface area (Å²) in [6.07, 6.45) is 4.84. The Bertz CT molecular complexity index is 667. The summed E-state index contributed by atoms with van der Waals surface area (Å²) in [7, 11) is 0. The molecule has 2 fully saturated rings. The van der Waals surface area contributed by atoms with Crippen molar-refractivity contribution in [1.29, 1.82) is 0 Å². The topological polar surface area (TPSA) is 21.3 Å². The van der Waals surface area contributed by atoms with Gasteiger partial charge in [-0.1, -0.05) is 42.5 Å². The molecule has 0 radical (unpaired) electrons. The number of nitrogens with one attached hydrogen (secondary N) is 1. The lowest BCUT2D eigenvalue weighted by Gasteiger charge is -2.29. The van der Waals surface area contributed by atoms with Gasteiger partial charge in [-0.05, 0) is 42.9 Å². The van der Waals surface area contributed by atoms with Crippen LogP contribution < -0.4 is 5.32 Å². The van der Waals surface area contributed by atoms with Crippen molar-refractivity contribution in [2.45, 2.75) is 50.5 Å². The van der Waals surface area contributed by atoms with Crippen molar-refractivity contribution in [3.05, 3.63) is 59.9 Å². The highest BCUT2D eigenvalue weighted by Gasteiger charge is 2.34. The summed E-state index contributed by atoms with van der Waals surface area (Å²) < 4.78 is 20.5. The van der Waals surface area contributed by atoms with E-state index in [1.165, 1.54) is 18.9 Å². The second-order valence-corrected chi connectivity index (χ2v) is 6.67. The summed E-state index contributed by atoms with van der Waals surface area (Å²) in [5.41, 5.74) is 2.64. The van der Waals surface area contributed by atoms with E-state index >= 15 is 0 Å². The maximum absolute atomic E-state index is 14.4. The maximum Gasteiger partial charge on any atom is 0.129 e. The van der Waals surface area contributed by atoms with Crippen molar-refractivity contribution in [3.8, 4) is 11.1 Å². The van der Waals surface area contributed by atoms with Gasteiger partial charge in [0.15, 0.2) is 0 Å². The van der Waals surface area contributed by atoms with E-state index < -0.39 is 0 Å². The summed E-state index contributed by atoms with van der Waals surface area (Å²) in [5.74, 6) is -0.178. The lowest BCUT2D eigenvalue weighted by atomic mass is 9.99. The largest absolute Gasteiger partial charge is 0.373 e. The minimum atomic E-state index is -0.178. The van der Waals surface area contributed by atoms with E-state index in [1.807, 2.05) is 36.4 Å². The first kappa shape index (κ1) is 17.4. The van der Waals surface area contributed by atoms with Crippen molar-refractivity contribution in [2.24, 2.45) is 0 Å². The number of halogens is 2. The van der Waals surface area contributed by atoms with Gasteiger partial charge in [-0.25, -0.2) is 4.39 Å². The van der Waals surface area contributed by atoms with E-state index in [4.69, 9.17) is 4.74 Å². The van der Waals surface area contributed by atoms with Crippen LogP contribution in [0.3, 0.4) is 0 Å². The third-order valence-corrected chi connectivity index (χ3v) is 5.10. The van der Waals surface area contributed by atoms with Crippen LogP contribution >= 0.6 is 12.4 Å². The second kappa shape index (κ2) is 7.64. The predicted molar refractivity (Wildman–Crippen MR) is 96.8 cm³/mol. The van der Waals surface area contributed by atoms with Gasteiger partial charge in [0.2, 0.25) is 0 Å². The summed E-state index contributed by atoms with van der Waals surface area (Å²) >= 11 is 0. The lowest BCUT2D eigenvalue weighted by molar-refractivity contribution is 0.00821. The van der Waals surface area contributed by atoms with Gasteiger partial charge in [-0.15, -0.1) is 12.4 Å². The Morgan fingerprint density at radius 3 is 2.38 bits per heavy atom. The fourth-order valence-electron chi connectivity index (χ4n) is 3.94. The molecule has 2 aliphatic rings. The molecule has 4 heteroatoms. The van der Waals surface area contributed by atoms with Crippen LogP contribution in [0, 0.1) is 5.82 Å². The standard InChI is InChI=1S/C20H22FNO.ClH/c21-20-8-4-7-18(14-5-2-1-3-6-14)19(20)13-23-17-11-15-9-10-16(12-17)22-15;/h1-8,15-17,22H,9-13H2;1H/t15-,16+,17+;. The summed E-state index contributed by atoms with van der Waals surface area (Å²) in [6, 6.07) is 16.4. The number of benzene rings is 2. The van der Waals surface area contributed by atoms with E-state index in [0.29, 0.717) is 24.3 Å². The molecule has 2 nitrogen and oxygen atoms in total. The lowest BCUT2D eigenvalue weighted by Crippen LogP contribution is -2.41. The molecule has 0 spiro atoms. The summed E-state index contributed by atoms with van der Waals surface area (Å²) in [5, 5.41) is 3.61. The number of fused-ring (bicyclic) bond motifs is 2. The highest BCUT2D eigenvalue weighted by molar-refractivity contribution is 5.85. The smallest absolute Gasteiger partial charge is 0.129 e. The Morgan fingerprint density at radius 2 is 1.67 bits per heavy atom. The second-order valence-electron chi connectivity index (χ2n) is 6.67. The van der Waals surface area contributed by atoms with Gasteiger partial charge in [0, 0.05) is 17.6 Å². The minimum Gasteiger partial charge on any atom is -0.373 e. The fraction of sp³-hybridized carbons (Fsp3) is 0.400. The molecule has 2 saturated heterocycles. The Morgan fingerprint density at radius 1 is 0.958 bits per heavy atom. The zero-order valence-corrected chi connectivity index (χ0v) is 14.4. The molecule has 2 heterocycles. The quantitative estimate of drug-likeness (QED) is 0.864. The Kier molecular flexibility index (Phi) is 5.54. The minimum absolute atomic E-state index is 0. The third-order valence-electron chi connectivity index (χ3n) is 5.10. The Labute approximate surface area is 148 Å². The molecule has 128 valence electrons. The van der Waals surface area contributed by atoms with Crippen LogP contribution in [-0.2, 0) is 11.3 Å². The van der Waals surface area contributed by atoms with E-state index in [2.05, 4.69) is 5.32 Å². The molecule has 4 rings (SSSR count). The summed E-state index contributed by atoms with van der Waals surface area (Å²) in [6.45, 7) is 0.348. The molecule has 2 aromatic rings. The predicted octanol–water partition coefficient (Wildman–Crippen LogP) is 4.71. The highest BCUT2D eigenvalue weighted by Crippen LogP contribution is 2.31. The zero-order chi connectivity index (χ0) is 15.6. The maximum atomic E-state index is 14.4. The molecule has 3 atom stereocenters. The van der Waals surface area contributed by atoms with Crippen LogP contribution in [0.15, 0.2) is 48.5 Å². The van der Waals surface area contributed by atoms with Gasteiger partial charge < -0.3 is 10.1 Å².